The van der Waals surface area contributed by atoms with Crippen LogP contribution >= 0.6 is 0 Å². The molecule has 1 heterocycles. The Morgan fingerprint density at radius 2 is 1.81 bits per heavy atom. The average Bonchev–Trinajstić information content (AvgIpc) is 2.73. The van der Waals surface area contributed by atoms with E-state index in [1.807, 2.05) is 19.2 Å². The van der Waals surface area contributed by atoms with Crippen LogP contribution in [0, 0.1) is 18.6 Å². The van der Waals surface area contributed by atoms with E-state index in [4.69, 9.17) is 0 Å². The number of nitrogens with zero attached hydrogens (tertiary/aromatic N) is 1. The van der Waals surface area contributed by atoms with E-state index in [1.54, 1.807) is 0 Å². The molecule has 0 unspecified atom stereocenters. The minimum absolute atomic E-state index is 0.558. The van der Waals surface area contributed by atoms with E-state index in [0.29, 0.717) is 12.2 Å². The fraction of sp³-hybridized carbons (Fsp3) is 0.176. The molecule has 0 bridgehead atoms. The van der Waals surface area contributed by atoms with E-state index in [0.717, 1.165) is 17.3 Å². The minimum Gasteiger partial charge on any atom is -0.379 e. The van der Waals surface area contributed by atoms with Gasteiger partial charge in [-0.25, -0.2) is 8.78 Å². The van der Waals surface area contributed by atoms with Crippen LogP contribution in [-0.4, -0.2) is 4.57 Å². The van der Waals surface area contributed by atoms with Crippen LogP contribution in [-0.2, 0) is 13.6 Å². The highest BCUT2D eigenvalue weighted by atomic mass is 19.2. The van der Waals surface area contributed by atoms with Crippen LogP contribution in [0.2, 0.25) is 0 Å². The number of aryl methyl sites for hydroxylation is 2. The Balaban J connectivity index is 1.90. The summed E-state index contributed by atoms with van der Waals surface area (Å²) in [5.41, 5.74) is 4.06. The molecule has 0 fully saturated rings. The first-order valence-corrected chi connectivity index (χ1v) is 6.79. The predicted octanol–water partition coefficient (Wildman–Crippen LogP) is 4.38. The molecule has 0 saturated heterocycles. The van der Waals surface area contributed by atoms with E-state index in [1.165, 1.54) is 23.1 Å². The van der Waals surface area contributed by atoms with E-state index < -0.39 is 11.6 Å². The zero-order chi connectivity index (χ0) is 15.0. The lowest BCUT2D eigenvalue weighted by atomic mass is 10.1. The first kappa shape index (κ1) is 13.6. The van der Waals surface area contributed by atoms with Crippen molar-refractivity contribution in [3.63, 3.8) is 0 Å². The molecule has 0 aliphatic rings. The van der Waals surface area contributed by atoms with Gasteiger partial charge in [-0.15, -0.1) is 0 Å². The highest BCUT2D eigenvalue weighted by Gasteiger charge is 2.11. The van der Waals surface area contributed by atoms with E-state index in [-0.39, 0.29) is 0 Å². The Hall–Kier alpha value is -2.36. The van der Waals surface area contributed by atoms with Crippen LogP contribution in [0.3, 0.4) is 0 Å². The summed E-state index contributed by atoms with van der Waals surface area (Å²) in [7, 11) is 2.01. The molecule has 108 valence electrons. The number of nitrogens with one attached hydrogen (secondary N) is 1. The summed E-state index contributed by atoms with van der Waals surface area (Å²) < 4.78 is 28.3. The third-order valence-electron chi connectivity index (χ3n) is 3.89. The molecular weight excluding hydrogens is 270 g/mol. The molecule has 3 rings (SSSR count). The summed E-state index contributed by atoms with van der Waals surface area (Å²) >= 11 is 0. The molecule has 21 heavy (non-hydrogen) atoms. The highest BCUT2D eigenvalue weighted by molar-refractivity contribution is 5.85. The maximum absolute atomic E-state index is 13.2. The lowest BCUT2D eigenvalue weighted by Gasteiger charge is -2.09. The number of aromatic nitrogens is 1. The molecule has 1 N–H and O–H groups in total. The van der Waals surface area contributed by atoms with Gasteiger partial charge in [-0.2, -0.15) is 0 Å². The summed E-state index contributed by atoms with van der Waals surface area (Å²) in [6.07, 6.45) is 0. The first-order chi connectivity index (χ1) is 10.1. The molecule has 2 nitrogen and oxygen atoms in total. The second-order valence-corrected chi connectivity index (χ2v) is 5.13. The van der Waals surface area contributed by atoms with Gasteiger partial charge in [-0.3, -0.25) is 0 Å². The van der Waals surface area contributed by atoms with Crippen LogP contribution in [0.4, 0.5) is 14.5 Å². The van der Waals surface area contributed by atoms with Crippen LogP contribution in [0.15, 0.2) is 42.5 Å². The van der Waals surface area contributed by atoms with Crippen LogP contribution in [0.1, 0.15) is 11.3 Å². The third kappa shape index (κ3) is 2.37. The molecule has 0 radical (unpaired) electrons. The maximum Gasteiger partial charge on any atom is 0.160 e. The monoisotopic (exact) mass is 286 g/mol. The van der Waals surface area contributed by atoms with Gasteiger partial charge in [0, 0.05) is 35.4 Å². The highest BCUT2D eigenvalue weighted by Crippen LogP contribution is 2.25. The molecule has 3 aromatic rings. The van der Waals surface area contributed by atoms with Gasteiger partial charge in [0.1, 0.15) is 0 Å². The van der Waals surface area contributed by atoms with Gasteiger partial charge in [-0.1, -0.05) is 18.2 Å². The van der Waals surface area contributed by atoms with Crippen molar-refractivity contribution in [3.05, 3.63) is 65.4 Å². The fourth-order valence-corrected chi connectivity index (χ4v) is 2.68. The van der Waals surface area contributed by atoms with E-state index in [2.05, 4.69) is 28.9 Å². The number of halogens is 2. The average molecular weight is 286 g/mol. The van der Waals surface area contributed by atoms with Crippen molar-refractivity contribution in [2.45, 2.75) is 13.5 Å². The maximum atomic E-state index is 13.2. The fourth-order valence-electron chi connectivity index (χ4n) is 2.68. The van der Waals surface area contributed by atoms with Crippen molar-refractivity contribution < 1.29 is 8.78 Å². The van der Waals surface area contributed by atoms with Crippen LogP contribution < -0.4 is 5.32 Å². The third-order valence-corrected chi connectivity index (χ3v) is 3.89. The second-order valence-electron chi connectivity index (χ2n) is 5.13. The Morgan fingerprint density at radius 1 is 1.05 bits per heavy atom. The van der Waals surface area contributed by atoms with Crippen molar-refractivity contribution in [3.8, 4) is 0 Å². The largest absolute Gasteiger partial charge is 0.379 e. The standard InChI is InChI=1S/C17H16F2N2/c1-11-13-5-3-4-6-16(13)21(2)17(11)10-20-12-7-8-14(18)15(19)9-12/h3-9,20H,10H2,1-2H3. The number of rotatable bonds is 3. The normalized spacial score (nSPS) is 11.0. The number of anilines is 1. The predicted molar refractivity (Wildman–Crippen MR) is 81.3 cm³/mol. The molecule has 0 amide bonds. The lowest BCUT2D eigenvalue weighted by molar-refractivity contribution is 0.509. The summed E-state index contributed by atoms with van der Waals surface area (Å²) in [6, 6.07) is 12.0. The number of hydrogen-bond acceptors (Lipinski definition) is 1. The van der Waals surface area contributed by atoms with Crippen LogP contribution in [0.25, 0.3) is 10.9 Å². The van der Waals surface area contributed by atoms with Gasteiger partial charge < -0.3 is 9.88 Å². The summed E-state index contributed by atoms with van der Waals surface area (Å²) in [6.45, 7) is 2.63. The van der Waals surface area contributed by atoms with E-state index >= 15 is 0 Å². The summed E-state index contributed by atoms with van der Waals surface area (Å²) in [5, 5.41) is 4.35. The van der Waals surface area contributed by atoms with Crippen molar-refractivity contribution >= 4 is 16.6 Å². The topological polar surface area (TPSA) is 17.0 Å². The molecule has 0 saturated carbocycles. The molecule has 4 heteroatoms. The van der Waals surface area contributed by atoms with Crippen molar-refractivity contribution in [1.29, 1.82) is 0 Å². The number of fused-ring (bicyclic) bond motifs is 1. The number of benzene rings is 2. The van der Waals surface area contributed by atoms with Gasteiger partial charge in [0.2, 0.25) is 0 Å². The van der Waals surface area contributed by atoms with Gasteiger partial charge in [0.15, 0.2) is 11.6 Å². The SMILES string of the molecule is Cc1c(CNc2ccc(F)c(F)c2)n(C)c2ccccc12. The summed E-state index contributed by atoms with van der Waals surface area (Å²) in [4.78, 5) is 0. The Morgan fingerprint density at radius 3 is 2.52 bits per heavy atom. The number of hydrogen-bond donors (Lipinski definition) is 1. The van der Waals surface area contributed by atoms with Crippen molar-refractivity contribution in [2.75, 3.05) is 5.32 Å². The first-order valence-electron chi connectivity index (χ1n) is 6.79. The Bertz CT molecular complexity index is 767. The van der Waals surface area contributed by atoms with Gasteiger partial charge >= 0.3 is 0 Å². The molecular formula is C17H16F2N2. The van der Waals surface area contributed by atoms with Gasteiger partial charge in [0.05, 0.1) is 6.54 Å². The minimum atomic E-state index is -0.839. The zero-order valence-electron chi connectivity index (χ0n) is 12.0. The Labute approximate surface area is 122 Å². The molecule has 0 aliphatic heterocycles. The lowest BCUT2D eigenvalue weighted by Crippen LogP contribution is -2.06. The van der Waals surface area contributed by atoms with Crippen molar-refractivity contribution in [1.82, 2.24) is 4.57 Å². The molecule has 0 atom stereocenters. The van der Waals surface area contributed by atoms with Gasteiger partial charge in [0.25, 0.3) is 0 Å². The van der Waals surface area contributed by atoms with Crippen LogP contribution in [0.5, 0.6) is 0 Å². The quantitative estimate of drug-likeness (QED) is 0.756. The smallest absolute Gasteiger partial charge is 0.160 e. The van der Waals surface area contributed by atoms with E-state index in [9.17, 15) is 8.78 Å². The molecule has 2 aromatic carbocycles. The zero-order valence-corrected chi connectivity index (χ0v) is 12.0. The Kier molecular flexibility index (Phi) is 3.37. The summed E-state index contributed by atoms with van der Waals surface area (Å²) in [5.74, 6) is -1.67. The molecule has 0 spiro atoms. The second kappa shape index (κ2) is 5.20. The number of para-hydroxylation sites is 1. The molecule has 1 aromatic heterocycles. The van der Waals surface area contributed by atoms with Crippen molar-refractivity contribution in [2.24, 2.45) is 7.05 Å². The molecule has 0 aliphatic carbocycles. The van der Waals surface area contributed by atoms with Gasteiger partial charge in [-0.05, 0) is 30.7 Å².